The van der Waals surface area contributed by atoms with Crippen molar-refractivity contribution in [3.8, 4) is 5.75 Å². The number of carbonyl (C=O) groups is 1. The van der Waals surface area contributed by atoms with Crippen molar-refractivity contribution >= 4 is 38.7 Å². The average molecular weight is 527 g/mol. The maximum atomic E-state index is 13.3. The van der Waals surface area contributed by atoms with Crippen molar-refractivity contribution in [3.63, 3.8) is 0 Å². The Bertz CT molecular complexity index is 1440. The molecule has 0 saturated carbocycles. The number of anilines is 2. The summed E-state index contributed by atoms with van der Waals surface area (Å²) in [5.74, 6) is 0.749. The van der Waals surface area contributed by atoms with Gasteiger partial charge in [-0.15, -0.1) is 0 Å². The molecule has 0 unspecified atom stereocenters. The topological polar surface area (TPSA) is 115 Å². The minimum absolute atomic E-state index is 0.0968. The quantitative estimate of drug-likeness (QED) is 0.315. The number of benzene rings is 2. The van der Waals surface area contributed by atoms with Gasteiger partial charge >= 0.3 is 0 Å². The second kappa shape index (κ2) is 10.8. The molecule has 0 bridgehead atoms. The van der Waals surface area contributed by atoms with Crippen LogP contribution in [0.1, 0.15) is 21.8 Å². The van der Waals surface area contributed by atoms with Gasteiger partial charge in [0.25, 0.3) is 5.91 Å². The van der Waals surface area contributed by atoms with Gasteiger partial charge in [-0.25, -0.2) is 18.4 Å². The van der Waals surface area contributed by atoms with Gasteiger partial charge < -0.3 is 19.4 Å². The Morgan fingerprint density at radius 2 is 1.81 bits per heavy atom. The summed E-state index contributed by atoms with van der Waals surface area (Å²) < 4.78 is 35.1. The molecule has 0 radical (unpaired) electrons. The highest BCUT2D eigenvalue weighted by molar-refractivity contribution is 7.90. The summed E-state index contributed by atoms with van der Waals surface area (Å²) in [4.78, 5) is 23.4. The molecule has 1 amide bonds. The van der Waals surface area contributed by atoms with E-state index in [1.54, 1.807) is 49.8 Å². The second-order valence-corrected chi connectivity index (χ2v) is 10.2. The van der Waals surface area contributed by atoms with Crippen LogP contribution in [-0.4, -0.2) is 37.7 Å². The molecular formula is C25H23ClN4O5S. The smallest absolute Gasteiger partial charge is 0.276 e. The number of amides is 1. The lowest BCUT2D eigenvalue weighted by molar-refractivity contribution is 0.102. The summed E-state index contributed by atoms with van der Waals surface area (Å²) in [6, 6.07) is 17.6. The van der Waals surface area contributed by atoms with E-state index in [0.29, 0.717) is 34.5 Å². The highest BCUT2D eigenvalue weighted by Gasteiger charge is 2.24. The molecule has 0 saturated heterocycles. The predicted molar refractivity (Wildman–Crippen MR) is 136 cm³/mol. The van der Waals surface area contributed by atoms with E-state index < -0.39 is 20.9 Å². The van der Waals surface area contributed by atoms with Crippen molar-refractivity contribution in [2.75, 3.05) is 23.6 Å². The SMILES string of the molecule is COc1ccc(CN(Cc2ccco2)c2cnc(S(C)(=O)=O)nc2C(=O)Nc2ccc(Cl)cc2)cc1. The van der Waals surface area contributed by atoms with Crippen molar-refractivity contribution in [1.29, 1.82) is 0 Å². The molecule has 9 nitrogen and oxygen atoms in total. The number of sulfone groups is 1. The number of hydrogen-bond acceptors (Lipinski definition) is 8. The monoisotopic (exact) mass is 526 g/mol. The highest BCUT2D eigenvalue weighted by Crippen LogP contribution is 2.26. The number of nitrogens with zero attached hydrogens (tertiary/aromatic N) is 3. The summed E-state index contributed by atoms with van der Waals surface area (Å²) in [6.45, 7) is 0.634. The first-order valence-corrected chi connectivity index (χ1v) is 13.0. The number of carbonyl (C=O) groups excluding carboxylic acids is 1. The molecule has 0 spiro atoms. The standard InChI is InChI=1S/C25H23ClN4O5S/c1-34-20-11-5-17(6-12-20)15-30(16-21-4-3-13-35-21)22-14-27-25(36(2,32)33)29-23(22)24(31)28-19-9-7-18(26)8-10-19/h3-14H,15-16H2,1-2H3,(H,28,31). The molecule has 11 heteroatoms. The molecule has 0 fully saturated rings. The van der Waals surface area contributed by atoms with Crippen molar-refractivity contribution in [2.45, 2.75) is 18.2 Å². The molecule has 0 atom stereocenters. The second-order valence-electron chi connectivity index (χ2n) is 7.90. The van der Waals surface area contributed by atoms with Crippen molar-refractivity contribution in [1.82, 2.24) is 9.97 Å². The lowest BCUT2D eigenvalue weighted by atomic mass is 10.1. The maximum absolute atomic E-state index is 13.3. The van der Waals surface area contributed by atoms with Crippen LogP contribution in [-0.2, 0) is 22.9 Å². The number of hydrogen-bond donors (Lipinski definition) is 1. The highest BCUT2D eigenvalue weighted by atomic mass is 35.5. The summed E-state index contributed by atoms with van der Waals surface area (Å²) in [5.41, 5.74) is 1.63. The van der Waals surface area contributed by atoms with Crippen LogP contribution < -0.4 is 15.0 Å². The fourth-order valence-corrected chi connectivity index (χ4v) is 4.06. The van der Waals surface area contributed by atoms with E-state index in [1.165, 1.54) is 6.20 Å². The molecule has 36 heavy (non-hydrogen) atoms. The fraction of sp³-hybridized carbons (Fsp3) is 0.160. The first-order valence-electron chi connectivity index (χ1n) is 10.8. The van der Waals surface area contributed by atoms with Gasteiger partial charge in [-0.3, -0.25) is 4.79 Å². The van der Waals surface area contributed by atoms with Gasteiger partial charge in [0.15, 0.2) is 5.69 Å². The third kappa shape index (κ3) is 6.21. The van der Waals surface area contributed by atoms with Gasteiger partial charge in [0, 0.05) is 23.5 Å². The van der Waals surface area contributed by atoms with Gasteiger partial charge in [-0.1, -0.05) is 23.7 Å². The molecule has 186 valence electrons. The summed E-state index contributed by atoms with van der Waals surface area (Å²) in [5, 5.41) is 2.81. The Morgan fingerprint density at radius 1 is 1.08 bits per heavy atom. The molecule has 0 aliphatic heterocycles. The minimum Gasteiger partial charge on any atom is -0.497 e. The molecule has 1 N–H and O–H groups in total. The van der Waals surface area contributed by atoms with Crippen LogP contribution in [0.3, 0.4) is 0 Å². The van der Waals surface area contributed by atoms with Crippen molar-refractivity contribution in [3.05, 3.63) is 95.2 Å². The number of furan rings is 1. The van der Waals surface area contributed by atoms with E-state index in [4.69, 9.17) is 20.8 Å². The molecule has 0 aliphatic rings. The Kier molecular flexibility index (Phi) is 7.56. The molecule has 4 rings (SSSR count). The number of aromatic nitrogens is 2. The van der Waals surface area contributed by atoms with E-state index in [-0.39, 0.29) is 12.2 Å². The Morgan fingerprint density at radius 3 is 2.42 bits per heavy atom. The Labute approximate surface area is 213 Å². The maximum Gasteiger partial charge on any atom is 0.276 e. The number of nitrogens with one attached hydrogen (secondary N) is 1. The van der Waals surface area contributed by atoms with Gasteiger partial charge in [0.2, 0.25) is 15.0 Å². The normalized spacial score (nSPS) is 11.2. The predicted octanol–water partition coefficient (Wildman–Crippen LogP) is 4.59. The lowest BCUT2D eigenvalue weighted by Gasteiger charge is -2.25. The third-order valence-corrected chi connectivity index (χ3v) is 6.31. The molecule has 4 aromatic rings. The minimum atomic E-state index is -3.77. The van der Waals surface area contributed by atoms with Crippen molar-refractivity contribution < 1.29 is 22.4 Å². The van der Waals surface area contributed by atoms with Crippen LogP contribution in [0.5, 0.6) is 5.75 Å². The zero-order valence-corrected chi connectivity index (χ0v) is 21.1. The van der Waals surface area contributed by atoms with Gasteiger partial charge in [0.05, 0.1) is 31.8 Å². The summed E-state index contributed by atoms with van der Waals surface area (Å²) in [7, 11) is -2.18. The average Bonchev–Trinajstić information content (AvgIpc) is 3.38. The van der Waals surface area contributed by atoms with Crippen LogP contribution in [0.2, 0.25) is 5.02 Å². The number of ether oxygens (including phenoxy) is 1. The zero-order valence-electron chi connectivity index (χ0n) is 19.5. The third-order valence-electron chi connectivity index (χ3n) is 5.20. The van der Waals surface area contributed by atoms with E-state index >= 15 is 0 Å². The Hall–Kier alpha value is -3.89. The van der Waals surface area contributed by atoms with Crippen LogP contribution in [0.25, 0.3) is 0 Å². The van der Waals surface area contributed by atoms with Crippen LogP contribution in [0, 0.1) is 0 Å². The number of rotatable bonds is 9. The van der Waals surface area contributed by atoms with E-state index in [0.717, 1.165) is 11.8 Å². The van der Waals surface area contributed by atoms with E-state index in [2.05, 4.69) is 15.3 Å². The Balaban J connectivity index is 1.76. The number of halogens is 1. The van der Waals surface area contributed by atoms with Gasteiger partial charge in [-0.05, 0) is 54.1 Å². The number of methoxy groups -OCH3 is 1. The van der Waals surface area contributed by atoms with Crippen LogP contribution in [0.4, 0.5) is 11.4 Å². The molecular weight excluding hydrogens is 504 g/mol. The van der Waals surface area contributed by atoms with Gasteiger partial charge in [0.1, 0.15) is 11.5 Å². The summed E-state index contributed by atoms with van der Waals surface area (Å²) in [6.07, 6.45) is 3.88. The van der Waals surface area contributed by atoms with Crippen LogP contribution in [0.15, 0.2) is 82.7 Å². The van der Waals surface area contributed by atoms with E-state index in [9.17, 15) is 13.2 Å². The lowest BCUT2D eigenvalue weighted by Crippen LogP contribution is -2.27. The molecule has 2 aromatic heterocycles. The first-order chi connectivity index (χ1) is 17.2. The molecule has 2 heterocycles. The van der Waals surface area contributed by atoms with Crippen LogP contribution >= 0.6 is 11.6 Å². The van der Waals surface area contributed by atoms with Crippen molar-refractivity contribution in [2.24, 2.45) is 0 Å². The molecule has 2 aromatic carbocycles. The molecule has 0 aliphatic carbocycles. The van der Waals surface area contributed by atoms with Gasteiger partial charge in [-0.2, -0.15) is 0 Å². The summed E-state index contributed by atoms with van der Waals surface area (Å²) >= 11 is 5.94. The largest absolute Gasteiger partial charge is 0.497 e. The first kappa shape index (κ1) is 25.2. The van der Waals surface area contributed by atoms with E-state index in [1.807, 2.05) is 29.2 Å². The zero-order chi connectivity index (χ0) is 25.7. The fourth-order valence-electron chi connectivity index (χ4n) is 3.43.